The monoisotopic (exact) mass is 196 g/mol. The third-order valence-corrected chi connectivity index (χ3v) is 3.42. The first-order valence-electron chi connectivity index (χ1n) is 3.29. The van der Waals surface area contributed by atoms with Gasteiger partial charge in [0, 0.05) is 30.3 Å². The molecule has 1 aliphatic rings. The van der Waals surface area contributed by atoms with Gasteiger partial charge in [0.2, 0.25) is 0 Å². The minimum atomic E-state index is -2.20. The van der Waals surface area contributed by atoms with Gasteiger partial charge in [-0.2, -0.15) is 0 Å². The van der Waals surface area contributed by atoms with Gasteiger partial charge in [-0.25, -0.2) is 4.31 Å². The average Bonchev–Trinajstić information content (AvgIpc) is 2.08. The van der Waals surface area contributed by atoms with Crippen molar-refractivity contribution in [1.82, 2.24) is 4.31 Å². The lowest BCUT2D eigenvalue weighted by molar-refractivity contribution is 0.115. The van der Waals surface area contributed by atoms with Gasteiger partial charge in [-0.1, -0.05) is 6.92 Å². The Morgan fingerprint density at radius 1 is 1.91 bits per heavy atom. The molecule has 0 bridgehead atoms. The summed E-state index contributed by atoms with van der Waals surface area (Å²) < 4.78 is 22.1. The molecule has 6 heteroatoms. The molecule has 1 N–H and O–H groups in total. The lowest BCUT2D eigenvalue weighted by Crippen LogP contribution is -2.30. The molecule has 1 fully saturated rings. The highest BCUT2D eigenvalue weighted by molar-refractivity contribution is 7.76. The van der Waals surface area contributed by atoms with Crippen LogP contribution in [0.1, 0.15) is 6.92 Å². The zero-order chi connectivity index (χ0) is 8.65. The minimum absolute atomic E-state index is 0.0228. The molecule has 0 saturated carbocycles. The summed E-state index contributed by atoms with van der Waals surface area (Å²) >= 11 is -2.20. The van der Waals surface area contributed by atoms with Crippen LogP contribution in [0.5, 0.6) is 0 Å². The van der Waals surface area contributed by atoms with Crippen LogP contribution in [0.15, 0.2) is 0 Å². The molecule has 11 heavy (non-hydrogen) atoms. The Bertz CT molecular complexity index is 187. The third-order valence-electron chi connectivity index (χ3n) is 1.97. The van der Waals surface area contributed by atoms with Gasteiger partial charge in [0.25, 0.3) is 0 Å². The van der Waals surface area contributed by atoms with E-state index < -0.39 is 16.6 Å². The molecule has 4 nitrogen and oxygen atoms in total. The van der Waals surface area contributed by atoms with E-state index in [1.165, 1.54) is 4.31 Å². The number of hydrogen-bond acceptors (Lipinski definition) is 3. The number of aliphatic hydroxyl groups is 1. The summed E-state index contributed by atoms with van der Waals surface area (Å²) in [5, 5.41) is 8.59. The summed E-state index contributed by atoms with van der Waals surface area (Å²) in [5.74, 6) is -0.0228. The van der Waals surface area contributed by atoms with Crippen molar-refractivity contribution in [3.05, 3.63) is 0 Å². The average molecular weight is 196 g/mol. The third kappa shape index (κ3) is 1.98. The van der Waals surface area contributed by atoms with E-state index in [9.17, 15) is 13.9 Å². The normalized spacial score (nSPS) is 42.7. The van der Waals surface area contributed by atoms with E-state index in [2.05, 4.69) is 9.24 Å². The first-order chi connectivity index (χ1) is 4.93. The van der Waals surface area contributed by atoms with Gasteiger partial charge < -0.3 is 9.66 Å². The molecule has 1 rings (SSSR count). The fraction of sp³-hybridized carbons (Fsp3) is 1.00. The summed E-state index contributed by atoms with van der Waals surface area (Å²) in [6, 6.07) is 0. The predicted octanol–water partition coefficient (Wildman–Crippen LogP) is -0.704. The molecule has 0 spiro atoms. The van der Waals surface area contributed by atoms with Crippen molar-refractivity contribution in [2.24, 2.45) is 5.92 Å². The molecular weight excluding hydrogens is 185 g/mol. The van der Waals surface area contributed by atoms with Crippen LogP contribution in [-0.4, -0.2) is 36.6 Å². The van der Waals surface area contributed by atoms with E-state index in [1.807, 2.05) is 6.92 Å². The quantitative estimate of drug-likeness (QED) is 0.445. The van der Waals surface area contributed by atoms with Crippen LogP contribution in [0.2, 0.25) is 0 Å². The van der Waals surface area contributed by atoms with Crippen LogP contribution in [0.25, 0.3) is 0 Å². The van der Waals surface area contributed by atoms with Crippen molar-refractivity contribution < 1.29 is 13.9 Å². The molecule has 0 amide bonds. The molecule has 0 aromatic rings. The molecule has 1 aliphatic heterocycles. The molecule has 1 heterocycles. The molecule has 0 aliphatic carbocycles. The predicted molar refractivity (Wildman–Crippen MR) is 44.3 cm³/mol. The number of rotatable bonds is 1. The summed E-state index contributed by atoms with van der Waals surface area (Å²) in [5.41, 5.74) is 0. The molecule has 66 valence electrons. The summed E-state index contributed by atoms with van der Waals surface area (Å²) in [6.07, 6.45) is 0. The standard InChI is InChI=1S/C5H12NO3PS/c1-4-2-6(11(8)9)3-5(4,7)10/h4,7H,2-3,10H2,1H3,(H,8,9)/p-1. The summed E-state index contributed by atoms with van der Waals surface area (Å²) in [4.78, 5) is 0. The van der Waals surface area contributed by atoms with Crippen molar-refractivity contribution in [1.29, 1.82) is 0 Å². The Labute approximate surface area is 70.6 Å². The molecule has 0 aromatic heterocycles. The van der Waals surface area contributed by atoms with E-state index in [-0.39, 0.29) is 12.5 Å². The van der Waals surface area contributed by atoms with Crippen LogP contribution in [0, 0.1) is 5.92 Å². The van der Waals surface area contributed by atoms with Gasteiger partial charge in [0.1, 0.15) is 0 Å². The van der Waals surface area contributed by atoms with Crippen LogP contribution in [-0.2, 0) is 11.3 Å². The Kier molecular flexibility index (Phi) is 2.67. The van der Waals surface area contributed by atoms with E-state index in [0.29, 0.717) is 6.54 Å². The molecule has 1 saturated heterocycles. The smallest absolute Gasteiger partial charge is 0.0951 e. The van der Waals surface area contributed by atoms with Crippen molar-refractivity contribution in [2.45, 2.75) is 12.3 Å². The SMILES string of the molecule is CC1CN(S(=O)[O-])CC1(O)P. The first kappa shape index (κ1) is 9.55. The second-order valence-electron chi connectivity index (χ2n) is 2.93. The van der Waals surface area contributed by atoms with E-state index >= 15 is 0 Å². The van der Waals surface area contributed by atoms with Crippen LogP contribution >= 0.6 is 9.24 Å². The lowest BCUT2D eigenvalue weighted by atomic mass is 10.1. The van der Waals surface area contributed by atoms with Crippen molar-refractivity contribution in [3.63, 3.8) is 0 Å². The van der Waals surface area contributed by atoms with E-state index in [4.69, 9.17) is 0 Å². The van der Waals surface area contributed by atoms with E-state index in [0.717, 1.165) is 0 Å². The van der Waals surface area contributed by atoms with E-state index in [1.54, 1.807) is 0 Å². The molecular formula is C5H11NO3PS-. The fourth-order valence-electron chi connectivity index (χ4n) is 1.08. The van der Waals surface area contributed by atoms with Gasteiger partial charge >= 0.3 is 0 Å². The van der Waals surface area contributed by atoms with Gasteiger partial charge in [0.05, 0.1) is 5.34 Å². The first-order valence-corrected chi connectivity index (χ1v) is 4.90. The number of β-amino-alcohol motifs (C(OH)–C–C–N with tert-alkyl or cyclic N) is 1. The van der Waals surface area contributed by atoms with Gasteiger partial charge in [-0.3, -0.25) is 4.21 Å². The molecule has 0 aromatic carbocycles. The Morgan fingerprint density at radius 2 is 2.45 bits per heavy atom. The second kappa shape index (κ2) is 3.07. The highest BCUT2D eigenvalue weighted by atomic mass is 32.2. The topological polar surface area (TPSA) is 63.6 Å². The van der Waals surface area contributed by atoms with Crippen LogP contribution in [0.4, 0.5) is 0 Å². The maximum atomic E-state index is 10.4. The Hall–Kier alpha value is 0.460. The largest absolute Gasteiger partial charge is 0.760 e. The second-order valence-corrected chi connectivity index (χ2v) is 4.88. The maximum absolute atomic E-state index is 10.4. The van der Waals surface area contributed by atoms with Gasteiger partial charge in [-0.15, -0.1) is 9.24 Å². The van der Waals surface area contributed by atoms with Crippen molar-refractivity contribution in [3.8, 4) is 0 Å². The summed E-state index contributed by atoms with van der Waals surface area (Å²) in [6.45, 7) is 2.39. The van der Waals surface area contributed by atoms with Crippen molar-refractivity contribution in [2.75, 3.05) is 13.1 Å². The number of nitrogens with zero attached hydrogens (tertiary/aromatic N) is 1. The zero-order valence-corrected chi connectivity index (χ0v) is 8.16. The lowest BCUT2D eigenvalue weighted by Gasteiger charge is -2.21. The van der Waals surface area contributed by atoms with Crippen LogP contribution < -0.4 is 0 Å². The fourth-order valence-corrected chi connectivity index (χ4v) is 2.20. The van der Waals surface area contributed by atoms with Crippen molar-refractivity contribution >= 4 is 20.5 Å². The Balaban J connectivity index is 2.64. The van der Waals surface area contributed by atoms with Gasteiger partial charge in [0.15, 0.2) is 0 Å². The van der Waals surface area contributed by atoms with Gasteiger partial charge in [-0.05, 0) is 0 Å². The highest BCUT2D eigenvalue weighted by Crippen LogP contribution is 2.33. The Morgan fingerprint density at radius 3 is 2.64 bits per heavy atom. The molecule has 4 unspecified atom stereocenters. The number of hydrogen-bond donors (Lipinski definition) is 1. The summed E-state index contributed by atoms with van der Waals surface area (Å²) in [7, 11) is 2.28. The molecule has 0 radical (unpaired) electrons. The highest BCUT2D eigenvalue weighted by Gasteiger charge is 2.39. The maximum Gasteiger partial charge on any atom is 0.0951 e. The van der Waals surface area contributed by atoms with Crippen LogP contribution in [0.3, 0.4) is 0 Å². The zero-order valence-electron chi connectivity index (χ0n) is 6.19. The minimum Gasteiger partial charge on any atom is -0.760 e. The molecule has 4 atom stereocenters.